The molecule has 1 saturated heterocycles. The van der Waals surface area contributed by atoms with Crippen molar-refractivity contribution >= 4 is 82.2 Å². The third kappa shape index (κ3) is 6.55. The van der Waals surface area contributed by atoms with Crippen molar-refractivity contribution in [3.63, 3.8) is 0 Å². The number of nitrogens with one attached hydrogen (secondary N) is 1. The number of amides is 2. The van der Waals surface area contributed by atoms with Crippen LogP contribution in [0.2, 0.25) is 10.0 Å². The number of hydrogen-bond donors (Lipinski definition) is 3. The molecule has 37 heavy (non-hydrogen) atoms. The molecular formula is C23H20Cl2N3O6S3+. The van der Waals surface area contributed by atoms with Crippen LogP contribution in [0.15, 0.2) is 63.8 Å². The zero-order valence-electron chi connectivity index (χ0n) is 18.9. The number of rotatable bonds is 10. The van der Waals surface area contributed by atoms with E-state index in [1.807, 2.05) is 0 Å². The normalized spacial score (nSPS) is 18.8. The zero-order chi connectivity index (χ0) is 26.7. The Labute approximate surface area is 234 Å². The molecule has 0 bridgehead atoms. The molecule has 2 aliphatic rings. The molecule has 0 spiro atoms. The van der Waals surface area contributed by atoms with Crippen molar-refractivity contribution in [3.05, 3.63) is 64.0 Å². The molecule has 194 valence electrons. The number of halogens is 2. The summed E-state index contributed by atoms with van der Waals surface area (Å²) < 4.78 is 1.52. The van der Waals surface area contributed by atoms with Gasteiger partial charge in [0.25, 0.3) is 5.91 Å². The highest BCUT2D eigenvalue weighted by Crippen LogP contribution is 2.41. The van der Waals surface area contributed by atoms with E-state index in [0.717, 1.165) is 4.90 Å². The third-order valence-corrected chi connectivity index (χ3v) is 9.58. The maximum Gasteiger partial charge on any atom is 0.370 e. The Kier molecular flexibility index (Phi) is 8.96. The van der Waals surface area contributed by atoms with Gasteiger partial charge in [0.15, 0.2) is 12.4 Å². The van der Waals surface area contributed by atoms with Gasteiger partial charge in [-0.25, -0.2) is 9.59 Å². The van der Waals surface area contributed by atoms with Gasteiger partial charge in [0.05, 0.1) is 10.8 Å². The first-order chi connectivity index (χ1) is 17.6. The first-order valence-corrected chi connectivity index (χ1v) is 14.5. The molecule has 14 heteroatoms. The van der Waals surface area contributed by atoms with E-state index < -0.39 is 29.3 Å². The van der Waals surface area contributed by atoms with Gasteiger partial charge < -0.3 is 15.5 Å². The van der Waals surface area contributed by atoms with Crippen molar-refractivity contribution in [2.75, 3.05) is 17.3 Å². The number of carboxylic acid groups (broad SMARTS) is 2. The number of β-lactam (4-membered cyclic amide) rings is 1. The number of carboxylic acids is 2. The Hall–Kier alpha value is -2.38. The fourth-order valence-corrected chi connectivity index (χ4v) is 7.39. The summed E-state index contributed by atoms with van der Waals surface area (Å²) in [4.78, 5) is 51.0. The Morgan fingerprint density at radius 3 is 2.54 bits per heavy atom. The summed E-state index contributed by atoms with van der Waals surface area (Å²) >= 11 is 16.1. The molecule has 2 aliphatic heterocycles. The lowest BCUT2D eigenvalue weighted by Crippen LogP contribution is -2.70. The largest absolute Gasteiger partial charge is 0.477 e. The standard InChI is InChI=1S/C23H19Cl2N3O6S3/c24-13-1-2-15(25)16(7-13)36-11-17(29)26-19-21(32)28-20(23(33)34)12(10-37-22(19)28)9-35-14-3-5-27(6-4-14)8-18(30)31/h1-7,19,22H,8-11H2,(H2-,26,29,30,31,33,34)/p+1/t19-,22+/m0/s1. The highest BCUT2D eigenvalue weighted by molar-refractivity contribution is 8.01. The van der Waals surface area contributed by atoms with E-state index in [2.05, 4.69) is 5.32 Å². The van der Waals surface area contributed by atoms with Crippen LogP contribution in [0, 0.1) is 0 Å². The molecule has 1 aromatic carbocycles. The number of carbonyl (C=O) groups excluding carboxylic acids is 2. The van der Waals surface area contributed by atoms with Gasteiger partial charge in [0.1, 0.15) is 17.1 Å². The number of aromatic nitrogens is 1. The highest BCUT2D eigenvalue weighted by atomic mass is 35.5. The average molecular weight is 602 g/mol. The second-order valence-electron chi connectivity index (χ2n) is 7.96. The summed E-state index contributed by atoms with van der Waals surface area (Å²) in [5, 5.41) is 21.9. The summed E-state index contributed by atoms with van der Waals surface area (Å²) in [6.45, 7) is -0.154. The summed E-state index contributed by atoms with van der Waals surface area (Å²) in [5.41, 5.74) is 0.550. The SMILES string of the molecule is O=C(O)C[n+]1ccc(SCC2=C(C(=O)O)N3C(=O)[C@H](NC(=O)CSc4cc(Cl)ccc4Cl)[C@H]3SC2)cc1. The van der Waals surface area contributed by atoms with Crippen LogP contribution in [-0.4, -0.2) is 67.5 Å². The number of benzene rings is 1. The molecule has 2 atom stereocenters. The van der Waals surface area contributed by atoms with Gasteiger partial charge in [0.2, 0.25) is 12.5 Å². The Bertz CT molecular complexity index is 1290. The van der Waals surface area contributed by atoms with Crippen LogP contribution in [0.5, 0.6) is 0 Å². The number of thioether (sulfide) groups is 3. The van der Waals surface area contributed by atoms with E-state index in [0.29, 0.717) is 32.0 Å². The summed E-state index contributed by atoms with van der Waals surface area (Å²) in [6.07, 6.45) is 3.28. The molecule has 1 aromatic heterocycles. The Morgan fingerprint density at radius 2 is 1.86 bits per heavy atom. The van der Waals surface area contributed by atoms with E-state index in [4.69, 9.17) is 28.3 Å². The van der Waals surface area contributed by atoms with Crippen molar-refractivity contribution in [3.8, 4) is 0 Å². The van der Waals surface area contributed by atoms with Gasteiger partial charge in [-0.3, -0.25) is 14.5 Å². The molecule has 0 aliphatic carbocycles. The van der Waals surface area contributed by atoms with Crippen LogP contribution < -0.4 is 9.88 Å². The number of fused-ring (bicyclic) bond motifs is 1. The minimum atomic E-state index is -1.20. The van der Waals surface area contributed by atoms with Gasteiger partial charge in [-0.15, -0.1) is 35.3 Å². The zero-order valence-corrected chi connectivity index (χ0v) is 22.9. The Morgan fingerprint density at radius 1 is 1.14 bits per heavy atom. The molecule has 2 amide bonds. The summed E-state index contributed by atoms with van der Waals surface area (Å²) in [7, 11) is 0. The van der Waals surface area contributed by atoms with Crippen LogP contribution in [-0.2, 0) is 25.7 Å². The fraction of sp³-hybridized carbons (Fsp3) is 0.261. The lowest BCUT2D eigenvalue weighted by molar-refractivity contribution is -0.686. The second-order valence-corrected chi connectivity index (χ2v) is 12.0. The molecule has 0 saturated carbocycles. The van der Waals surface area contributed by atoms with Gasteiger partial charge in [-0.05, 0) is 23.8 Å². The first kappa shape index (κ1) is 27.6. The van der Waals surface area contributed by atoms with Crippen molar-refractivity contribution in [2.24, 2.45) is 0 Å². The monoisotopic (exact) mass is 600 g/mol. The molecule has 0 unspecified atom stereocenters. The molecule has 1 fully saturated rings. The number of carbonyl (C=O) groups is 4. The highest BCUT2D eigenvalue weighted by Gasteiger charge is 2.54. The maximum absolute atomic E-state index is 12.9. The number of aliphatic carboxylic acids is 2. The number of pyridine rings is 1. The quantitative estimate of drug-likeness (QED) is 0.214. The molecule has 4 rings (SSSR count). The smallest absolute Gasteiger partial charge is 0.370 e. The minimum Gasteiger partial charge on any atom is -0.477 e. The van der Waals surface area contributed by atoms with Crippen molar-refractivity contribution in [2.45, 2.75) is 27.8 Å². The van der Waals surface area contributed by atoms with Gasteiger partial charge >= 0.3 is 11.9 Å². The molecule has 2 aromatic rings. The van der Waals surface area contributed by atoms with E-state index >= 15 is 0 Å². The fourth-order valence-electron chi connectivity index (χ4n) is 3.71. The van der Waals surface area contributed by atoms with Crippen molar-refractivity contribution < 1.29 is 34.0 Å². The summed E-state index contributed by atoms with van der Waals surface area (Å²) in [6, 6.07) is 7.63. The molecule has 0 radical (unpaired) electrons. The molecular weight excluding hydrogens is 581 g/mol. The molecule has 3 N–H and O–H groups in total. The van der Waals surface area contributed by atoms with Crippen molar-refractivity contribution in [1.82, 2.24) is 10.2 Å². The summed E-state index contributed by atoms with van der Waals surface area (Å²) in [5.74, 6) is -2.22. The van der Waals surface area contributed by atoms with Crippen molar-refractivity contribution in [1.29, 1.82) is 0 Å². The topological polar surface area (TPSA) is 128 Å². The molecule has 9 nitrogen and oxygen atoms in total. The lowest BCUT2D eigenvalue weighted by atomic mass is 10.0. The van der Waals surface area contributed by atoms with Gasteiger partial charge in [0, 0.05) is 38.5 Å². The van der Waals surface area contributed by atoms with E-state index in [1.54, 1.807) is 42.7 Å². The van der Waals surface area contributed by atoms with Crippen LogP contribution in [0.1, 0.15) is 0 Å². The van der Waals surface area contributed by atoms with Gasteiger partial charge in [-0.1, -0.05) is 23.2 Å². The van der Waals surface area contributed by atoms with Crippen LogP contribution in [0.3, 0.4) is 0 Å². The van der Waals surface area contributed by atoms with E-state index in [-0.39, 0.29) is 23.9 Å². The predicted molar refractivity (Wildman–Crippen MR) is 142 cm³/mol. The third-order valence-electron chi connectivity index (χ3n) is 5.41. The Balaban J connectivity index is 1.37. The van der Waals surface area contributed by atoms with Crippen LogP contribution in [0.4, 0.5) is 0 Å². The van der Waals surface area contributed by atoms with E-state index in [9.17, 15) is 24.3 Å². The number of hydrogen-bond acceptors (Lipinski definition) is 7. The van der Waals surface area contributed by atoms with Crippen LogP contribution in [0.25, 0.3) is 0 Å². The minimum absolute atomic E-state index is 0.0221. The average Bonchev–Trinajstić information content (AvgIpc) is 2.86. The molecule has 3 heterocycles. The number of nitrogens with zero attached hydrogens (tertiary/aromatic N) is 2. The first-order valence-electron chi connectivity index (χ1n) is 10.7. The van der Waals surface area contributed by atoms with E-state index in [1.165, 1.54) is 44.8 Å². The predicted octanol–water partition coefficient (Wildman–Crippen LogP) is 2.99. The van der Waals surface area contributed by atoms with Gasteiger partial charge in [-0.2, -0.15) is 4.57 Å². The maximum atomic E-state index is 12.9. The lowest BCUT2D eigenvalue weighted by Gasteiger charge is -2.49. The van der Waals surface area contributed by atoms with Crippen LogP contribution >= 0.6 is 58.5 Å². The second kappa shape index (κ2) is 12.0.